The van der Waals surface area contributed by atoms with Crippen molar-refractivity contribution in [2.45, 2.75) is 51.0 Å². The molecule has 3 aromatic rings. The van der Waals surface area contributed by atoms with Crippen LogP contribution in [-0.4, -0.2) is 46.5 Å². The van der Waals surface area contributed by atoms with E-state index in [4.69, 9.17) is 4.42 Å². The highest BCUT2D eigenvalue weighted by molar-refractivity contribution is 5.92. The zero-order valence-corrected chi connectivity index (χ0v) is 18.9. The van der Waals surface area contributed by atoms with Gasteiger partial charge >= 0.3 is 0 Å². The average molecular weight is 451 g/mol. The minimum absolute atomic E-state index is 0.200. The fourth-order valence-corrected chi connectivity index (χ4v) is 5.07. The number of hydrogen-bond acceptors (Lipinski definition) is 4. The Balaban J connectivity index is 1.36. The first-order chi connectivity index (χ1) is 16.2. The molecule has 3 heterocycles. The Morgan fingerprint density at radius 3 is 2.55 bits per heavy atom. The van der Waals surface area contributed by atoms with Gasteiger partial charge in [0.05, 0.1) is 12.0 Å². The van der Waals surface area contributed by atoms with Crippen molar-refractivity contribution < 1.29 is 13.6 Å². The van der Waals surface area contributed by atoms with Gasteiger partial charge in [0.1, 0.15) is 11.5 Å². The molecule has 0 radical (unpaired) electrons. The molecule has 6 nitrogen and oxygen atoms in total. The number of aromatic nitrogens is 2. The largest absolute Gasteiger partial charge is 0.449 e. The molecule has 1 saturated heterocycles. The van der Waals surface area contributed by atoms with Crippen LogP contribution >= 0.6 is 0 Å². The fourth-order valence-electron chi connectivity index (χ4n) is 5.07. The number of carbonyl (C=O) groups is 1. The summed E-state index contributed by atoms with van der Waals surface area (Å²) in [6.45, 7) is 3.69. The molecule has 1 amide bonds. The number of amides is 1. The van der Waals surface area contributed by atoms with E-state index in [-0.39, 0.29) is 11.7 Å². The Morgan fingerprint density at radius 1 is 1.03 bits per heavy atom. The fraction of sp³-hybridized carbons (Fsp3) is 0.462. The second-order valence-corrected chi connectivity index (χ2v) is 9.12. The third kappa shape index (κ3) is 4.88. The lowest BCUT2D eigenvalue weighted by Crippen LogP contribution is -2.37. The van der Waals surface area contributed by atoms with Crippen LogP contribution in [0, 0.1) is 5.82 Å². The van der Waals surface area contributed by atoms with Crippen molar-refractivity contribution >= 4 is 5.91 Å². The molecule has 33 heavy (non-hydrogen) atoms. The normalized spacial score (nSPS) is 17.5. The lowest BCUT2D eigenvalue weighted by Gasteiger charge is -2.26. The van der Waals surface area contributed by atoms with E-state index in [1.54, 1.807) is 18.2 Å². The van der Waals surface area contributed by atoms with Gasteiger partial charge in [-0.3, -0.25) is 4.79 Å². The number of hydrogen-bond donors (Lipinski definition) is 1. The van der Waals surface area contributed by atoms with Gasteiger partial charge in [0.25, 0.3) is 5.91 Å². The molecule has 2 aliphatic rings. The molecule has 0 unspecified atom stereocenters. The molecule has 174 valence electrons. The molecule has 2 aromatic heterocycles. The van der Waals surface area contributed by atoms with Crippen LogP contribution in [0.3, 0.4) is 0 Å². The van der Waals surface area contributed by atoms with Gasteiger partial charge in [-0.2, -0.15) is 0 Å². The molecular formula is C26H31FN4O2. The standard InChI is InChI=1S/C26H31FN4O2/c27-20-10-8-19(9-11-20)24-25(31(18-29-24)21-6-2-3-7-21)22-12-13-23(33-22)26(32)28-14-17-30-15-4-1-5-16-30/h8-13,18,21H,1-7,14-17H2,(H,28,32). The van der Waals surface area contributed by atoms with Gasteiger partial charge in [0.2, 0.25) is 0 Å². The van der Waals surface area contributed by atoms with Crippen LogP contribution in [0.4, 0.5) is 4.39 Å². The Bertz CT molecular complexity index is 1080. The first-order valence-corrected chi connectivity index (χ1v) is 12.1. The number of nitrogens with zero attached hydrogens (tertiary/aromatic N) is 3. The maximum Gasteiger partial charge on any atom is 0.287 e. The van der Waals surface area contributed by atoms with E-state index in [2.05, 4.69) is 19.8 Å². The maximum absolute atomic E-state index is 13.5. The van der Waals surface area contributed by atoms with Crippen LogP contribution in [0.2, 0.25) is 0 Å². The lowest BCUT2D eigenvalue weighted by atomic mass is 10.1. The van der Waals surface area contributed by atoms with Crippen molar-refractivity contribution in [3.05, 3.63) is 54.3 Å². The van der Waals surface area contributed by atoms with Crippen LogP contribution in [0.15, 0.2) is 47.1 Å². The van der Waals surface area contributed by atoms with Gasteiger partial charge in [-0.05, 0) is 75.2 Å². The summed E-state index contributed by atoms with van der Waals surface area (Å²) in [7, 11) is 0. The number of imidazole rings is 1. The number of furan rings is 1. The minimum Gasteiger partial charge on any atom is -0.449 e. The van der Waals surface area contributed by atoms with Crippen molar-refractivity contribution in [2.24, 2.45) is 0 Å². The number of benzene rings is 1. The van der Waals surface area contributed by atoms with Crippen molar-refractivity contribution in [1.29, 1.82) is 0 Å². The minimum atomic E-state index is -0.281. The molecule has 1 saturated carbocycles. The monoisotopic (exact) mass is 450 g/mol. The third-order valence-electron chi connectivity index (χ3n) is 6.85. The number of nitrogens with one attached hydrogen (secondary N) is 1. The van der Waals surface area contributed by atoms with Crippen molar-refractivity contribution in [3.8, 4) is 22.7 Å². The molecule has 7 heteroatoms. The zero-order chi connectivity index (χ0) is 22.6. The second-order valence-electron chi connectivity index (χ2n) is 9.12. The number of rotatable bonds is 7. The predicted octanol–water partition coefficient (Wildman–Crippen LogP) is 5.28. The smallest absolute Gasteiger partial charge is 0.287 e. The molecule has 0 spiro atoms. The molecule has 1 N–H and O–H groups in total. The zero-order valence-electron chi connectivity index (χ0n) is 18.9. The summed E-state index contributed by atoms with van der Waals surface area (Å²) >= 11 is 0. The average Bonchev–Trinajstić information content (AvgIpc) is 3.60. The van der Waals surface area contributed by atoms with Crippen molar-refractivity contribution in [2.75, 3.05) is 26.2 Å². The van der Waals surface area contributed by atoms with E-state index in [1.807, 2.05) is 12.4 Å². The van der Waals surface area contributed by atoms with Gasteiger partial charge in [-0.15, -0.1) is 0 Å². The molecule has 0 atom stereocenters. The Kier molecular flexibility index (Phi) is 6.58. The van der Waals surface area contributed by atoms with Gasteiger partial charge in [-0.25, -0.2) is 9.37 Å². The SMILES string of the molecule is O=C(NCCN1CCCCC1)c1ccc(-c2c(-c3ccc(F)cc3)ncn2C2CCCC2)o1. The number of piperidine rings is 1. The number of likely N-dealkylation sites (tertiary alicyclic amines) is 1. The van der Waals surface area contributed by atoms with E-state index in [1.165, 1.54) is 44.2 Å². The number of halogens is 1. The second kappa shape index (κ2) is 9.91. The Morgan fingerprint density at radius 2 is 1.79 bits per heavy atom. The summed E-state index contributed by atoms with van der Waals surface area (Å²) in [6, 6.07) is 10.3. The van der Waals surface area contributed by atoms with E-state index in [9.17, 15) is 9.18 Å². The highest BCUT2D eigenvalue weighted by atomic mass is 19.1. The summed E-state index contributed by atoms with van der Waals surface area (Å²) in [4.78, 5) is 19.8. The van der Waals surface area contributed by atoms with Crippen LogP contribution in [0.1, 0.15) is 61.5 Å². The highest BCUT2D eigenvalue weighted by Gasteiger charge is 2.26. The Hall–Kier alpha value is -2.93. The topological polar surface area (TPSA) is 63.3 Å². The third-order valence-corrected chi connectivity index (χ3v) is 6.85. The molecule has 2 fully saturated rings. The number of carbonyl (C=O) groups excluding carboxylic acids is 1. The van der Waals surface area contributed by atoms with Crippen LogP contribution < -0.4 is 5.32 Å². The van der Waals surface area contributed by atoms with E-state index in [0.717, 1.165) is 49.4 Å². The quantitative estimate of drug-likeness (QED) is 0.532. The molecule has 0 bridgehead atoms. The van der Waals surface area contributed by atoms with Crippen LogP contribution in [0.25, 0.3) is 22.7 Å². The van der Waals surface area contributed by atoms with E-state index in [0.29, 0.717) is 24.1 Å². The highest BCUT2D eigenvalue weighted by Crippen LogP contribution is 2.39. The van der Waals surface area contributed by atoms with Gasteiger partial charge in [-0.1, -0.05) is 19.3 Å². The maximum atomic E-state index is 13.5. The van der Waals surface area contributed by atoms with Crippen molar-refractivity contribution in [3.63, 3.8) is 0 Å². The summed E-state index contributed by atoms with van der Waals surface area (Å²) in [5, 5.41) is 2.99. The summed E-state index contributed by atoms with van der Waals surface area (Å²) in [5.74, 6) is 0.429. The lowest BCUT2D eigenvalue weighted by molar-refractivity contribution is 0.0919. The van der Waals surface area contributed by atoms with Gasteiger partial charge in [0, 0.05) is 24.7 Å². The van der Waals surface area contributed by atoms with Crippen LogP contribution in [-0.2, 0) is 0 Å². The first-order valence-electron chi connectivity index (χ1n) is 12.1. The first kappa shape index (κ1) is 21.9. The molecule has 5 rings (SSSR count). The molecular weight excluding hydrogens is 419 g/mol. The van der Waals surface area contributed by atoms with E-state index >= 15 is 0 Å². The molecule has 1 aliphatic heterocycles. The predicted molar refractivity (Wildman–Crippen MR) is 125 cm³/mol. The molecule has 1 aliphatic carbocycles. The van der Waals surface area contributed by atoms with E-state index < -0.39 is 0 Å². The van der Waals surface area contributed by atoms with Crippen LogP contribution in [0.5, 0.6) is 0 Å². The summed E-state index contributed by atoms with van der Waals surface area (Å²) in [6.07, 6.45) is 10.2. The summed E-state index contributed by atoms with van der Waals surface area (Å²) in [5.41, 5.74) is 2.42. The van der Waals surface area contributed by atoms with Crippen molar-refractivity contribution in [1.82, 2.24) is 19.8 Å². The molecule has 1 aromatic carbocycles. The van der Waals surface area contributed by atoms with Gasteiger partial charge in [0.15, 0.2) is 11.5 Å². The van der Waals surface area contributed by atoms with Gasteiger partial charge < -0.3 is 19.2 Å². The summed E-state index contributed by atoms with van der Waals surface area (Å²) < 4.78 is 21.7. The Labute approximate surface area is 193 Å².